The summed E-state index contributed by atoms with van der Waals surface area (Å²) >= 11 is 0. The lowest BCUT2D eigenvalue weighted by Gasteiger charge is -2.27. The Morgan fingerprint density at radius 1 is 0.410 bits per heavy atom. The van der Waals surface area contributed by atoms with Gasteiger partial charge in [0.05, 0.1) is 18.8 Å². The maximum absolute atomic E-state index is 12.5. The van der Waals surface area contributed by atoms with Crippen LogP contribution in [-0.4, -0.2) is 57.3 Å². The third-order valence-electron chi connectivity index (χ3n) is 12.6. The summed E-state index contributed by atoms with van der Waals surface area (Å²) in [4.78, 5) is 12.5. The van der Waals surface area contributed by atoms with Gasteiger partial charge in [0.25, 0.3) is 0 Å². The zero-order chi connectivity index (χ0) is 44.5. The third kappa shape index (κ3) is 43.6. The number of rotatable bonds is 49. The van der Waals surface area contributed by atoms with E-state index in [-0.39, 0.29) is 0 Å². The quantitative estimate of drug-likeness (QED) is 0.0309. The Balaban J connectivity index is 3.49. The molecule has 0 saturated heterocycles. The van der Waals surface area contributed by atoms with Crippen LogP contribution < -0.4 is 5.32 Å². The van der Waals surface area contributed by atoms with Crippen LogP contribution in [0.5, 0.6) is 0 Å². The molecule has 6 nitrogen and oxygen atoms in total. The second-order valence-corrected chi connectivity index (χ2v) is 18.5. The van der Waals surface area contributed by atoms with Gasteiger partial charge < -0.3 is 25.7 Å². The summed E-state index contributed by atoms with van der Waals surface area (Å²) < 4.78 is 0. The Morgan fingerprint density at radius 2 is 0.738 bits per heavy atom. The molecule has 61 heavy (non-hydrogen) atoms. The van der Waals surface area contributed by atoms with E-state index in [4.69, 9.17) is 0 Å². The number of carbonyl (C=O) groups is 1. The van der Waals surface area contributed by atoms with Crippen LogP contribution in [0.2, 0.25) is 0 Å². The minimum Gasteiger partial charge on any atom is -0.394 e. The second-order valence-electron chi connectivity index (χ2n) is 18.5. The van der Waals surface area contributed by atoms with Gasteiger partial charge in [0.15, 0.2) is 0 Å². The van der Waals surface area contributed by atoms with Crippen LogP contribution in [-0.2, 0) is 4.79 Å². The van der Waals surface area contributed by atoms with E-state index in [0.717, 1.165) is 44.9 Å². The summed E-state index contributed by atoms with van der Waals surface area (Å²) in [7, 11) is 0. The van der Waals surface area contributed by atoms with E-state index in [9.17, 15) is 25.2 Å². The topological polar surface area (TPSA) is 110 Å². The molecule has 0 aliphatic heterocycles. The van der Waals surface area contributed by atoms with Crippen molar-refractivity contribution in [2.45, 2.75) is 301 Å². The molecule has 0 aromatic heterocycles. The number of amides is 1. The van der Waals surface area contributed by atoms with Crippen molar-refractivity contribution >= 4 is 5.91 Å². The number of unbranched alkanes of at least 4 members (excludes halogenated alkanes) is 34. The van der Waals surface area contributed by atoms with Crippen molar-refractivity contribution in [2.24, 2.45) is 0 Å². The molecule has 360 valence electrons. The summed E-state index contributed by atoms with van der Waals surface area (Å²) in [6, 6.07) is -1.01. The molecule has 0 aromatic rings. The molecule has 0 aromatic carbocycles. The van der Waals surface area contributed by atoms with Crippen molar-refractivity contribution in [3.63, 3.8) is 0 Å². The van der Waals surface area contributed by atoms with Crippen molar-refractivity contribution in [2.75, 3.05) is 6.61 Å². The molecule has 0 rings (SSSR count). The van der Waals surface area contributed by atoms with Gasteiger partial charge in [0.2, 0.25) is 5.91 Å². The lowest BCUT2D eigenvalue weighted by molar-refractivity contribution is -0.132. The predicted octanol–water partition coefficient (Wildman–Crippen LogP) is 15.2. The van der Waals surface area contributed by atoms with Crippen LogP contribution in [0.15, 0.2) is 36.5 Å². The van der Waals surface area contributed by atoms with E-state index >= 15 is 0 Å². The van der Waals surface area contributed by atoms with Crippen LogP contribution >= 0.6 is 0 Å². The third-order valence-corrected chi connectivity index (χ3v) is 12.6. The molecule has 0 bridgehead atoms. The maximum atomic E-state index is 12.5. The van der Waals surface area contributed by atoms with Crippen molar-refractivity contribution in [3.8, 4) is 0 Å². The predicted molar refractivity (Wildman–Crippen MR) is 265 cm³/mol. The molecule has 4 atom stereocenters. The van der Waals surface area contributed by atoms with Crippen molar-refractivity contribution < 1.29 is 25.2 Å². The molecule has 4 unspecified atom stereocenters. The average molecular weight is 860 g/mol. The van der Waals surface area contributed by atoms with E-state index in [1.54, 1.807) is 0 Å². The fourth-order valence-corrected chi connectivity index (χ4v) is 8.37. The molecule has 0 aliphatic carbocycles. The van der Waals surface area contributed by atoms with Gasteiger partial charge in [-0.1, -0.05) is 243 Å². The Labute approximate surface area is 379 Å². The van der Waals surface area contributed by atoms with E-state index in [1.807, 2.05) is 0 Å². The number of hydrogen-bond acceptors (Lipinski definition) is 5. The largest absolute Gasteiger partial charge is 0.394 e. The van der Waals surface area contributed by atoms with Crippen molar-refractivity contribution in [1.29, 1.82) is 0 Å². The van der Waals surface area contributed by atoms with Crippen LogP contribution in [0.3, 0.4) is 0 Å². The van der Waals surface area contributed by atoms with Gasteiger partial charge in [0, 0.05) is 0 Å². The Kier molecular flexibility index (Phi) is 48.3. The van der Waals surface area contributed by atoms with Crippen molar-refractivity contribution in [3.05, 3.63) is 36.5 Å². The van der Waals surface area contributed by atoms with Crippen molar-refractivity contribution in [1.82, 2.24) is 5.32 Å². The van der Waals surface area contributed by atoms with Gasteiger partial charge in [0.1, 0.15) is 12.2 Å². The SMILES string of the molecule is CC/C=C/CC/C=C/CCCC(O)C(O)C(CO)NC(=O)C(O)CCCCCCCCCCCCCCCCCC/C=C\CCCCCCCCCCCCCCCCCC. The van der Waals surface area contributed by atoms with E-state index in [0.29, 0.717) is 19.3 Å². The Bertz CT molecular complexity index is 966. The van der Waals surface area contributed by atoms with Crippen LogP contribution in [0.4, 0.5) is 0 Å². The highest BCUT2D eigenvalue weighted by molar-refractivity contribution is 5.80. The molecule has 0 saturated carbocycles. The average Bonchev–Trinajstić information content (AvgIpc) is 3.26. The maximum Gasteiger partial charge on any atom is 0.249 e. The molecular weight excluding hydrogens is 755 g/mol. The Hall–Kier alpha value is -1.47. The first-order valence-electron chi connectivity index (χ1n) is 26.9. The van der Waals surface area contributed by atoms with E-state index in [1.165, 1.54) is 199 Å². The normalized spacial score (nSPS) is 14.1. The molecule has 6 heteroatoms. The van der Waals surface area contributed by atoms with Gasteiger partial charge in [-0.2, -0.15) is 0 Å². The first-order valence-corrected chi connectivity index (χ1v) is 26.9. The molecule has 5 N–H and O–H groups in total. The second kappa shape index (κ2) is 49.5. The molecule has 0 radical (unpaired) electrons. The first-order chi connectivity index (χ1) is 30.0. The highest BCUT2D eigenvalue weighted by Gasteiger charge is 2.28. The van der Waals surface area contributed by atoms with Crippen LogP contribution in [0, 0.1) is 0 Å². The lowest BCUT2D eigenvalue weighted by Crippen LogP contribution is -2.53. The Morgan fingerprint density at radius 3 is 1.11 bits per heavy atom. The fourth-order valence-electron chi connectivity index (χ4n) is 8.37. The molecule has 1 amide bonds. The van der Waals surface area contributed by atoms with Gasteiger partial charge in [-0.15, -0.1) is 0 Å². The number of nitrogens with one attached hydrogen (secondary N) is 1. The monoisotopic (exact) mass is 860 g/mol. The molecule has 0 spiro atoms. The summed E-state index contributed by atoms with van der Waals surface area (Å²) in [5.41, 5.74) is 0. The van der Waals surface area contributed by atoms with E-state index in [2.05, 4.69) is 55.6 Å². The minimum atomic E-state index is -1.29. The summed E-state index contributed by atoms with van der Waals surface area (Å²) in [6.45, 7) is 3.92. The lowest BCUT2D eigenvalue weighted by atomic mass is 10.00. The van der Waals surface area contributed by atoms with E-state index < -0.39 is 36.9 Å². The number of hydrogen-bond donors (Lipinski definition) is 5. The molecule has 0 fully saturated rings. The molecular formula is C55H105NO5. The molecule has 0 heterocycles. The van der Waals surface area contributed by atoms with Gasteiger partial charge in [-0.05, 0) is 70.6 Å². The van der Waals surface area contributed by atoms with Gasteiger partial charge >= 0.3 is 0 Å². The number of aliphatic hydroxyl groups excluding tert-OH is 4. The zero-order valence-electron chi connectivity index (χ0n) is 40.7. The summed E-state index contributed by atoms with van der Waals surface area (Å²) in [6.07, 6.45) is 61.2. The zero-order valence-corrected chi connectivity index (χ0v) is 40.7. The number of carbonyl (C=O) groups excluding carboxylic acids is 1. The number of allylic oxidation sites excluding steroid dienone is 6. The van der Waals surface area contributed by atoms with Crippen LogP contribution in [0.1, 0.15) is 277 Å². The van der Waals surface area contributed by atoms with Gasteiger partial charge in [-0.25, -0.2) is 0 Å². The van der Waals surface area contributed by atoms with Gasteiger partial charge in [-0.3, -0.25) is 4.79 Å². The molecule has 0 aliphatic rings. The first kappa shape index (κ1) is 59.5. The standard InChI is InChI=1S/C55H105NO5/c1-3-5-7-9-11-13-14-15-16-17-18-19-20-21-22-23-24-25-26-27-28-29-30-31-32-33-34-35-36-37-38-39-41-43-45-47-49-53(59)55(61)56-51(50-57)54(60)52(58)48-46-44-42-40-12-10-8-6-4-2/h6,8,25-26,40,42,51-54,57-60H,3-5,7,9-24,27-39,41,43-50H2,1-2H3,(H,56,61)/b8-6+,26-25-,42-40+. The minimum absolute atomic E-state index is 0.361. The smallest absolute Gasteiger partial charge is 0.249 e. The highest BCUT2D eigenvalue weighted by atomic mass is 16.3. The summed E-state index contributed by atoms with van der Waals surface area (Å²) in [5.74, 6) is -0.598. The highest BCUT2D eigenvalue weighted by Crippen LogP contribution is 2.17. The fraction of sp³-hybridized carbons (Fsp3) is 0.873. The summed E-state index contributed by atoms with van der Waals surface area (Å²) in [5, 5.41) is 43.5. The van der Waals surface area contributed by atoms with Crippen LogP contribution in [0.25, 0.3) is 0 Å². The number of aliphatic hydroxyl groups is 4.